The molecule has 6 heteroatoms. The lowest BCUT2D eigenvalue weighted by Crippen LogP contribution is -2.49. The van der Waals surface area contributed by atoms with Gasteiger partial charge in [-0.05, 0) is 39.5 Å². The topological polar surface area (TPSA) is 86.7 Å². The third-order valence-corrected chi connectivity index (χ3v) is 5.15. The lowest BCUT2D eigenvalue weighted by molar-refractivity contribution is -0.147. The summed E-state index contributed by atoms with van der Waals surface area (Å²) < 4.78 is 0. The fourth-order valence-corrected chi connectivity index (χ4v) is 3.64. The molecule has 23 heavy (non-hydrogen) atoms. The Bertz CT molecular complexity index is 460. The van der Waals surface area contributed by atoms with Gasteiger partial charge in [-0.3, -0.25) is 14.4 Å². The van der Waals surface area contributed by atoms with Crippen LogP contribution in [0.15, 0.2) is 0 Å². The van der Waals surface area contributed by atoms with Crippen LogP contribution in [-0.4, -0.2) is 46.4 Å². The third kappa shape index (κ3) is 4.69. The van der Waals surface area contributed by atoms with E-state index in [0.29, 0.717) is 12.8 Å². The SMILES string of the molecule is CC(CC(=O)N1CC(C(=O)O)CCC1C)NC(=O)C1CCCC1. The molecule has 3 atom stereocenters. The summed E-state index contributed by atoms with van der Waals surface area (Å²) in [4.78, 5) is 37.4. The number of carboxylic acid groups (broad SMARTS) is 1. The average Bonchev–Trinajstić information content (AvgIpc) is 3.01. The molecule has 0 bridgehead atoms. The molecule has 2 aliphatic rings. The van der Waals surface area contributed by atoms with E-state index in [-0.39, 0.29) is 42.8 Å². The van der Waals surface area contributed by atoms with Crippen molar-refractivity contribution in [2.24, 2.45) is 11.8 Å². The molecule has 6 nitrogen and oxygen atoms in total. The Morgan fingerprint density at radius 3 is 2.39 bits per heavy atom. The zero-order valence-corrected chi connectivity index (χ0v) is 14.1. The smallest absolute Gasteiger partial charge is 0.308 e. The molecular weight excluding hydrogens is 296 g/mol. The molecule has 0 spiro atoms. The number of carbonyl (C=O) groups is 3. The van der Waals surface area contributed by atoms with Crippen LogP contribution in [0, 0.1) is 11.8 Å². The number of likely N-dealkylation sites (tertiary alicyclic amines) is 1. The van der Waals surface area contributed by atoms with Gasteiger partial charge >= 0.3 is 5.97 Å². The third-order valence-electron chi connectivity index (χ3n) is 5.15. The maximum Gasteiger partial charge on any atom is 0.308 e. The van der Waals surface area contributed by atoms with Crippen LogP contribution in [-0.2, 0) is 14.4 Å². The molecule has 1 aliphatic heterocycles. The van der Waals surface area contributed by atoms with E-state index in [4.69, 9.17) is 5.11 Å². The van der Waals surface area contributed by atoms with Gasteiger partial charge in [0, 0.05) is 31.0 Å². The van der Waals surface area contributed by atoms with Crippen molar-refractivity contribution < 1.29 is 19.5 Å². The first-order valence-electron chi connectivity index (χ1n) is 8.71. The summed E-state index contributed by atoms with van der Waals surface area (Å²) in [6, 6.07) is -0.149. The molecular formula is C17H28N2O4. The zero-order chi connectivity index (χ0) is 17.0. The molecule has 2 rings (SSSR count). The second kappa shape index (κ2) is 7.79. The normalized spacial score (nSPS) is 26.8. The minimum Gasteiger partial charge on any atom is -0.481 e. The van der Waals surface area contributed by atoms with Crippen molar-refractivity contribution in [3.8, 4) is 0 Å². The summed E-state index contributed by atoms with van der Waals surface area (Å²) in [5.41, 5.74) is 0. The van der Waals surface area contributed by atoms with E-state index in [2.05, 4.69) is 5.32 Å². The van der Waals surface area contributed by atoms with Crippen molar-refractivity contribution in [1.82, 2.24) is 10.2 Å². The second-order valence-corrected chi connectivity index (χ2v) is 7.10. The number of hydrogen-bond acceptors (Lipinski definition) is 3. The molecule has 1 heterocycles. The molecule has 0 aromatic rings. The maximum atomic E-state index is 12.5. The fraction of sp³-hybridized carbons (Fsp3) is 0.824. The Labute approximate surface area is 137 Å². The van der Waals surface area contributed by atoms with Crippen molar-refractivity contribution in [2.75, 3.05) is 6.54 Å². The van der Waals surface area contributed by atoms with Gasteiger partial charge in [-0.15, -0.1) is 0 Å². The van der Waals surface area contributed by atoms with Crippen molar-refractivity contribution in [2.45, 2.75) is 70.9 Å². The predicted octanol–water partition coefficient (Wildman–Crippen LogP) is 1.78. The van der Waals surface area contributed by atoms with Gasteiger partial charge in [0.05, 0.1) is 5.92 Å². The minimum atomic E-state index is -0.836. The van der Waals surface area contributed by atoms with E-state index < -0.39 is 11.9 Å². The Morgan fingerprint density at radius 2 is 1.78 bits per heavy atom. The predicted molar refractivity (Wildman–Crippen MR) is 85.7 cm³/mol. The molecule has 1 saturated heterocycles. The first kappa shape index (κ1) is 17.8. The number of aliphatic carboxylic acids is 1. The van der Waals surface area contributed by atoms with E-state index in [1.54, 1.807) is 4.90 Å². The average molecular weight is 324 g/mol. The highest BCUT2D eigenvalue weighted by Crippen LogP contribution is 2.25. The van der Waals surface area contributed by atoms with E-state index in [1.807, 2.05) is 13.8 Å². The van der Waals surface area contributed by atoms with Crippen LogP contribution in [0.3, 0.4) is 0 Å². The first-order chi connectivity index (χ1) is 10.9. The number of piperidine rings is 1. The Kier molecular flexibility index (Phi) is 6.02. The highest BCUT2D eigenvalue weighted by Gasteiger charge is 2.33. The fourth-order valence-electron chi connectivity index (χ4n) is 3.64. The molecule has 130 valence electrons. The number of hydrogen-bond donors (Lipinski definition) is 2. The monoisotopic (exact) mass is 324 g/mol. The van der Waals surface area contributed by atoms with Crippen molar-refractivity contribution >= 4 is 17.8 Å². The summed E-state index contributed by atoms with van der Waals surface area (Å²) in [7, 11) is 0. The van der Waals surface area contributed by atoms with Gasteiger partial charge < -0.3 is 15.3 Å². The van der Waals surface area contributed by atoms with Gasteiger partial charge in [0.25, 0.3) is 0 Å². The molecule has 2 N–H and O–H groups in total. The highest BCUT2D eigenvalue weighted by molar-refractivity contribution is 5.82. The molecule has 0 radical (unpaired) electrons. The number of nitrogens with zero attached hydrogens (tertiary/aromatic N) is 1. The summed E-state index contributed by atoms with van der Waals surface area (Å²) in [6.07, 6.45) is 5.65. The molecule has 0 aromatic carbocycles. The summed E-state index contributed by atoms with van der Waals surface area (Å²) in [5, 5.41) is 12.1. The number of nitrogens with one attached hydrogen (secondary N) is 1. The molecule has 2 amide bonds. The van der Waals surface area contributed by atoms with Crippen LogP contribution in [0.5, 0.6) is 0 Å². The largest absolute Gasteiger partial charge is 0.481 e. The first-order valence-corrected chi connectivity index (χ1v) is 8.71. The molecule has 0 aromatic heterocycles. The van der Waals surface area contributed by atoms with Gasteiger partial charge in [-0.25, -0.2) is 0 Å². The molecule has 1 saturated carbocycles. The maximum absolute atomic E-state index is 12.5. The van der Waals surface area contributed by atoms with Crippen molar-refractivity contribution in [3.05, 3.63) is 0 Å². The second-order valence-electron chi connectivity index (χ2n) is 7.10. The minimum absolute atomic E-state index is 0.0536. The Morgan fingerprint density at radius 1 is 1.13 bits per heavy atom. The lowest BCUT2D eigenvalue weighted by Gasteiger charge is -2.37. The quantitative estimate of drug-likeness (QED) is 0.807. The standard InChI is InChI=1S/C17H28N2O4/c1-11(18-16(21)13-5-3-4-6-13)9-15(20)19-10-14(17(22)23)8-7-12(19)2/h11-14H,3-10H2,1-2H3,(H,18,21)(H,22,23). The number of rotatable bonds is 5. The number of carboxylic acids is 1. The van der Waals surface area contributed by atoms with Gasteiger partial charge in [0.2, 0.25) is 11.8 Å². The van der Waals surface area contributed by atoms with Gasteiger partial charge in [-0.2, -0.15) is 0 Å². The summed E-state index contributed by atoms with van der Waals surface area (Å²) >= 11 is 0. The zero-order valence-electron chi connectivity index (χ0n) is 14.1. The lowest BCUT2D eigenvalue weighted by atomic mass is 9.93. The van der Waals surface area contributed by atoms with Crippen LogP contribution < -0.4 is 5.32 Å². The van der Waals surface area contributed by atoms with E-state index in [1.165, 1.54) is 0 Å². The van der Waals surface area contributed by atoms with E-state index in [9.17, 15) is 14.4 Å². The molecule has 3 unspecified atom stereocenters. The van der Waals surface area contributed by atoms with Crippen LogP contribution in [0.25, 0.3) is 0 Å². The Hall–Kier alpha value is -1.59. The number of carbonyl (C=O) groups excluding carboxylic acids is 2. The molecule has 1 aliphatic carbocycles. The van der Waals surface area contributed by atoms with Gasteiger partial charge in [0.1, 0.15) is 0 Å². The van der Waals surface area contributed by atoms with Crippen molar-refractivity contribution in [3.63, 3.8) is 0 Å². The highest BCUT2D eigenvalue weighted by atomic mass is 16.4. The van der Waals surface area contributed by atoms with Crippen LogP contribution in [0.1, 0.15) is 58.8 Å². The molecule has 2 fully saturated rings. The van der Waals surface area contributed by atoms with E-state index in [0.717, 1.165) is 25.7 Å². The van der Waals surface area contributed by atoms with Crippen LogP contribution in [0.2, 0.25) is 0 Å². The van der Waals surface area contributed by atoms with Crippen LogP contribution in [0.4, 0.5) is 0 Å². The van der Waals surface area contributed by atoms with Crippen molar-refractivity contribution in [1.29, 1.82) is 0 Å². The van der Waals surface area contributed by atoms with E-state index >= 15 is 0 Å². The Balaban J connectivity index is 1.84. The van der Waals surface area contributed by atoms with Gasteiger partial charge in [-0.1, -0.05) is 12.8 Å². The summed E-state index contributed by atoms with van der Waals surface area (Å²) in [5.74, 6) is -1.23. The van der Waals surface area contributed by atoms with Gasteiger partial charge in [0.15, 0.2) is 0 Å². The number of amides is 2. The summed E-state index contributed by atoms with van der Waals surface area (Å²) in [6.45, 7) is 4.07. The van der Waals surface area contributed by atoms with Crippen LogP contribution >= 0.6 is 0 Å².